The van der Waals surface area contributed by atoms with Crippen molar-refractivity contribution in [2.75, 3.05) is 26.7 Å². The van der Waals surface area contributed by atoms with E-state index in [1.807, 2.05) is 24.4 Å². The van der Waals surface area contributed by atoms with Gasteiger partial charge in [0, 0.05) is 46.9 Å². The number of rotatable bonds is 3. The van der Waals surface area contributed by atoms with Crippen LogP contribution in [0.15, 0.2) is 36.7 Å². The Morgan fingerprint density at radius 2 is 1.97 bits per heavy atom. The second-order valence-electron chi connectivity index (χ2n) is 9.70. The number of benzene rings is 1. The first kappa shape index (κ1) is 20.7. The second kappa shape index (κ2) is 7.74. The van der Waals surface area contributed by atoms with Crippen LogP contribution in [0.2, 0.25) is 0 Å². The second-order valence-corrected chi connectivity index (χ2v) is 9.70. The highest BCUT2D eigenvalue weighted by molar-refractivity contribution is 6.02. The number of hydrogen-bond acceptors (Lipinski definition) is 4. The lowest BCUT2D eigenvalue weighted by Crippen LogP contribution is -2.43. The average molecular weight is 432 g/mol. The van der Waals surface area contributed by atoms with Crippen molar-refractivity contribution >= 4 is 22.8 Å². The third-order valence-electron chi connectivity index (χ3n) is 6.84. The van der Waals surface area contributed by atoms with Gasteiger partial charge in [0.2, 0.25) is 0 Å². The van der Waals surface area contributed by atoms with Gasteiger partial charge in [-0.2, -0.15) is 0 Å². The topological polar surface area (TPSA) is 90.1 Å². The lowest BCUT2D eigenvalue weighted by atomic mass is 9.78. The van der Waals surface area contributed by atoms with Gasteiger partial charge in [-0.1, -0.05) is 19.9 Å². The van der Waals surface area contributed by atoms with E-state index in [0.29, 0.717) is 12.1 Å². The molecule has 3 N–H and O–H groups in total. The standard InChI is InChI=1S/C25H29N5O2/c1-25(2)14-28-24(32)18-5-4-15(11-21(18)25)20-13-27-22-19(20)10-16(12-26-22)23(31)29-17-6-8-30(3)9-7-17/h4-5,10-13,17H,6-9,14H2,1-3H3,(H,26,27)(H,28,32)(H,29,31). The van der Waals surface area contributed by atoms with Gasteiger partial charge < -0.3 is 20.5 Å². The number of aromatic nitrogens is 2. The summed E-state index contributed by atoms with van der Waals surface area (Å²) in [6, 6.07) is 8.07. The Morgan fingerprint density at radius 3 is 2.75 bits per heavy atom. The van der Waals surface area contributed by atoms with E-state index in [9.17, 15) is 9.59 Å². The summed E-state index contributed by atoms with van der Waals surface area (Å²) in [5, 5.41) is 7.04. The quantitative estimate of drug-likeness (QED) is 0.595. The highest BCUT2D eigenvalue weighted by Gasteiger charge is 2.32. The van der Waals surface area contributed by atoms with Crippen molar-refractivity contribution in [3.8, 4) is 11.1 Å². The smallest absolute Gasteiger partial charge is 0.253 e. The molecule has 7 nitrogen and oxygen atoms in total. The van der Waals surface area contributed by atoms with E-state index < -0.39 is 0 Å². The lowest BCUT2D eigenvalue weighted by molar-refractivity contribution is 0.0913. The molecule has 2 aromatic heterocycles. The predicted octanol–water partition coefficient (Wildman–Crippen LogP) is 3.07. The minimum absolute atomic E-state index is 0.0284. The normalized spacial score (nSPS) is 18.9. The van der Waals surface area contributed by atoms with E-state index in [1.165, 1.54) is 0 Å². The molecule has 166 valence electrons. The number of aromatic amines is 1. The zero-order chi connectivity index (χ0) is 22.5. The fraction of sp³-hybridized carbons (Fsp3) is 0.400. The van der Waals surface area contributed by atoms with Gasteiger partial charge in [0.15, 0.2) is 0 Å². The van der Waals surface area contributed by atoms with Crippen molar-refractivity contribution in [1.82, 2.24) is 25.5 Å². The third kappa shape index (κ3) is 3.66. The van der Waals surface area contributed by atoms with Gasteiger partial charge in [-0.05, 0) is 62.3 Å². The molecular formula is C25H29N5O2. The van der Waals surface area contributed by atoms with Gasteiger partial charge in [0.1, 0.15) is 5.65 Å². The fourth-order valence-electron chi connectivity index (χ4n) is 4.75. The number of fused-ring (bicyclic) bond motifs is 2. The number of piperidine rings is 1. The summed E-state index contributed by atoms with van der Waals surface area (Å²) in [6.07, 6.45) is 5.48. The first-order valence-electron chi connectivity index (χ1n) is 11.2. The number of hydrogen-bond donors (Lipinski definition) is 3. The Morgan fingerprint density at radius 1 is 1.19 bits per heavy atom. The fourth-order valence-corrected chi connectivity index (χ4v) is 4.75. The van der Waals surface area contributed by atoms with E-state index in [-0.39, 0.29) is 23.3 Å². The van der Waals surface area contributed by atoms with Crippen molar-refractivity contribution in [3.05, 3.63) is 53.3 Å². The molecule has 2 amide bonds. The number of H-pyrrole nitrogens is 1. The number of carbonyl (C=O) groups is 2. The minimum Gasteiger partial charge on any atom is -0.351 e. The molecule has 0 saturated carbocycles. The molecule has 4 heterocycles. The Bertz CT molecular complexity index is 1200. The maximum atomic E-state index is 12.9. The summed E-state index contributed by atoms with van der Waals surface area (Å²) in [5.74, 6) is -0.108. The molecular weight excluding hydrogens is 402 g/mol. The Labute approximate surface area is 187 Å². The van der Waals surface area contributed by atoms with Crippen LogP contribution in [0.4, 0.5) is 0 Å². The summed E-state index contributed by atoms with van der Waals surface area (Å²) in [4.78, 5) is 35.2. The summed E-state index contributed by atoms with van der Waals surface area (Å²) < 4.78 is 0. The van der Waals surface area contributed by atoms with Gasteiger partial charge in [0.25, 0.3) is 11.8 Å². The number of amides is 2. The van der Waals surface area contributed by atoms with Gasteiger partial charge >= 0.3 is 0 Å². The molecule has 0 aliphatic carbocycles. The number of carbonyl (C=O) groups excluding carboxylic acids is 2. The largest absolute Gasteiger partial charge is 0.351 e. The summed E-state index contributed by atoms with van der Waals surface area (Å²) in [7, 11) is 2.11. The van der Waals surface area contributed by atoms with Crippen molar-refractivity contribution in [1.29, 1.82) is 0 Å². The Hall–Kier alpha value is -3.19. The zero-order valence-electron chi connectivity index (χ0n) is 18.8. The number of pyridine rings is 1. The number of likely N-dealkylation sites (tertiary alicyclic amines) is 1. The van der Waals surface area contributed by atoms with Crippen molar-refractivity contribution in [3.63, 3.8) is 0 Å². The first-order valence-corrected chi connectivity index (χ1v) is 11.2. The molecule has 2 aliphatic rings. The predicted molar refractivity (Wildman–Crippen MR) is 125 cm³/mol. The minimum atomic E-state index is -0.150. The molecule has 0 atom stereocenters. The van der Waals surface area contributed by atoms with Crippen LogP contribution in [0.3, 0.4) is 0 Å². The molecule has 0 radical (unpaired) electrons. The van der Waals surface area contributed by atoms with Crippen LogP contribution < -0.4 is 10.6 Å². The monoisotopic (exact) mass is 431 g/mol. The summed E-state index contributed by atoms with van der Waals surface area (Å²) >= 11 is 0. The van der Waals surface area contributed by atoms with Crippen LogP contribution in [0, 0.1) is 0 Å². The first-order chi connectivity index (χ1) is 15.3. The summed E-state index contributed by atoms with van der Waals surface area (Å²) in [6.45, 7) is 6.88. The molecule has 2 aliphatic heterocycles. The average Bonchev–Trinajstić information content (AvgIpc) is 3.21. The van der Waals surface area contributed by atoms with E-state index >= 15 is 0 Å². The Kier molecular flexibility index (Phi) is 5.01. The highest BCUT2D eigenvalue weighted by Crippen LogP contribution is 2.35. The van der Waals surface area contributed by atoms with E-state index in [4.69, 9.17) is 0 Å². The molecule has 5 rings (SSSR count). The highest BCUT2D eigenvalue weighted by atomic mass is 16.2. The van der Waals surface area contributed by atoms with Crippen molar-refractivity contribution < 1.29 is 9.59 Å². The van der Waals surface area contributed by atoms with Gasteiger partial charge in [-0.15, -0.1) is 0 Å². The molecule has 0 unspecified atom stereocenters. The Balaban J connectivity index is 1.47. The van der Waals surface area contributed by atoms with Gasteiger partial charge in [-0.3, -0.25) is 9.59 Å². The van der Waals surface area contributed by atoms with Crippen LogP contribution in [-0.4, -0.2) is 59.4 Å². The van der Waals surface area contributed by atoms with Crippen LogP contribution in [0.25, 0.3) is 22.2 Å². The van der Waals surface area contributed by atoms with Crippen LogP contribution in [0.5, 0.6) is 0 Å². The third-order valence-corrected chi connectivity index (χ3v) is 6.84. The van der Waals surface area contributed by atoms with Gasteiger partial charge in [-0.25, -0.2) is 4.98 Å². The summed E-state index contributed by atoms with van der Waals surface area (Å²) in [5.41, 5.74) is 4.90. The molecule has 32 heavy (non-hydrogen) atoms. The zero-order valence-corrected chi connectivity index (χ0v) is 18.8. The van der Waals surface area contributed by atoms with Gasteiger partial charge in [0.05, 0.1) is 5.56 Å². The van der Waals surface area contributed by atoms with E-state index in [2.05, 4.69) is 52.5 Å². The molecule has 1 saturated heterocycles. The van der Waals surface area contributed by atoms with E-state index in [0.717, 1.165) is 59.2 Å². The maximum Gasteiger partial charge on any atom is 0.253 e. The molecule has 0 spiro atoms. The van der Waals surface area contributed by atoms with Crippen LogP contribution in [0.1, 0.15) is 53.0 Å². The van der Waals surface area contributed by atoms with Crippen molar-refractivity contribution in [2.24, 2.45) is 0 Å². The molecule has 0 bridgehead atoms. The lowest BCUT2D eigenvalue weighted by Gasteiger charge is -2.32. The molecule has 3 aromatic rings. The maximum absolute atomic E-state index is 12.9. The van der Waals surface area contributed by atoms with Crippen LogP contribution in [-0.2, 0) is 5.41 Å². The van der Waals surface area contributed by atoms with Crippen LogP contribution >= 0.6 is 0 Å². The molecule has 1 fully saturated rings. The number of nitrogens with zero attached hydrogens (tertiary/aromatic N) is 2. The number of nitrogens with one attached hydrogen (secondary N) is 3. The van der Waals surface area contributed by atoms with E-state index in [1.54, 1.807) is 6.20 Å². The molecule has 7 heteroatoms. The molecule has 1 aromatic carbocycles. The van der Waals surface area contributed by atoms with Crippen molar-refractivity contribution in [2.45, 2.75) is 38.1 Å². The SMILES string of the molecule is CN1CCC(NC(=O)c2cnc3[nH]cc(-c4ccc5c(c4)C(C)(C)CNC5=O)c3c2)CC1.